The molecule has 168 valence electrons. The van der Waals surface area contributed by atoms with Crippen LogP contribution < -0.4 is 15.0 Å². The van der Waals surface area contributed by atoms with E-state index in [-0.39, 0.29) is 23.7 Å². The van der Waals surface area contributed by atoms with Gasteiger partial charge >= 0.3 is 0 Å². The highest BCUT2D eigenvalue weighted by atomic mass is 16.5. The Kier molecular flexibility index (Phi) is 7.77. The van der Waals surface area contributed by atoms with Crippen LogP contribution in [0, 0.1) is 0 Å². The summed E-state index contributed by atoms with van der Waals surface area (Å²) in [5, 5.41) is 10.6. The van der Waals surface area contributed by atoms with Gasteiger partial charge < -0.3 is 19.1 Å². The number of phenols is 1. The van der Waals surface area contributed by atoms with Crippen LogP contribution in [0.1, 0.15) is 39.2 Å². The SMILES string of the molecule is CC(C)=CCC/C(C)=C/COc1c(OCc2ccccc2)c2ccc(O)cc2n(C)c1=O. The molecule has 0 amide bonds. The van der Waals surface area contributed by atoms with E-state index in [2.05, 4.69) is 26.8 Å². The Morgan fingerprint density at radius 1 is 1.00 bits per heavy atom. The lowest BCUT2D eigenvalue weighted by Gasteiger charge is -2.17. The van der Waals surface area contributed by atoms with Crippen LogP contribution in [0.2, 0.25) is 0 Å². The molecular weight excluding hydrogens is 402 g/mol. The average molecular weight is 434 g/mol. The van der Waals surface area contributed by atoms with Gasteiger partial charge in [-0.1, -0.05) is 47.6 Å². The van der Waals surface area contributed by atoms with Crippen LogP contribution in [0.4, 0.5) is 0 Å². The average Bonchev–Trinajstić information content (AvgIpc) is 2.77. The Morgan fingerprint density at radius 2 is 1.75 bits per heavy atom. The van der Waals surface area contributed by atoms with E-state index in [0.29, 0.717) is 23.3 Å². The van der Waals surface area contributed by atoms with Crippen LogP contribution in [0.3, 0.4) is 0 Å². The maximum atomic E-state index is 13.1. The second kappa shape index (κ2) is 10.7. The van der Waals surface area contributed by atoms with E-state index < -0.39 is 0 Å². The number of fused-ring (bicyclic) bond motifs is 1. The molecule has 0 saturated heterocycles. The highest BCUT2D eigenvalue weighted by Gasteiger charge is 2.19. The summed E-state index contributed by atoms with van der Waals surface area (Å²) in [7, 11) is 1.67. The van der Waals surface area contributed by atoms with Crippen LogP contribution in [0.25, 0.3) is 10.9 Å². The summed E-state index contributed by atoms with van der Waals surface area (Å²) >= 11 is 0. The molecule has 0 aliphatic heterocycles. The molecule has 5 nitrogen and oxygen atoms in total. The highest BCUT2D eigenvalue weighted by Crippen LogP contribution is 2.34. The molecule has 0 spiro atoms. The van der Waals surface area contributed by atoms with Gasteiger partial charge in [-0.3, -0.25) is 4.79 Å². The molecule has 3 aromatic rings. The number of aromatic hydroxyl groups is 1. The molecule has 0 aliphatic carbocycles. The van der Waals surface area contributed by atoms with E-state index in [9.17, 15) is 9.90 Å². The smallest absolute Gasteiger partial charge is 0.297 e. The summed E-state index contributed by atoms with van der Waals surface area (Å²) in [6.45, 7) is 6.83. The normalized spacial score (nSPS) is 11.4. The first-order chi connectivity index (χ1) is 15.4. The molecule has 0 atom stereocenters. The number of allylic oxidation sites excluding steroid dienone is 3. The zero-order chi connectivity index (χ0) is 23.1. The van der Waals surface area contributed by atoms with Gasteiger partial charge in [0.2, 0.25) is 5.75 Å². The molecule has 5 heteroatoms. The predicted octanol–water partition coefficient (Wildman–Crippen LogP) is 5.89. The molecule has 1 N–H and O–H groups in total. The van der Waals surface area contributed by atoms with Crippen LogP contribution in [0.5, 0.6) is 17.2 Å². The van der Waals surface area contributed by atoms with Gasteiger partial charge in [0, 0.05) is 18.5 Å². The van der Waals surface area contributed by atoms with Gasteiger partial charge in [-0.15, -0.1) is 0 Å². The van der Waals surface area contributed by atoms with Crippen molar-refractivity contribution in [1.82, 2.24) is 4.57 Å². The van der Waals surface area contributed by atoms with Crippen molar-refractivity contribution in [3.63, 3.8) is 0 Å². The van der Waals surface area contributed by atoms with Crippen molar-refractivity contribution in [1.29, 1.82) is 0 Å². The minimum absolute atomic E-state index is 0.0881. The van der Waals surface area contributed by atoms with E-state index in [4.69, 9.17) is 9.47 Å². The van der Waals surface area contributed by atoms with Crippen molar-refractivity contribution in [3.05, 3.63) is 87.7 Å². The third kappa shape index (κ3) is 5.82. The van der Waals surface area contributed by atoms with Crippen molar-refractivity contribution in [2.24, 2.45) is 7.05 Å². The third-order valence-corrected chi connectivity index (χ3v) is 5.27. The fourth-order valence-electron chi connectivity index (χ4n) is 3.43. The summed E-state index contributed by atoms with van der Waals surface area (Å²) in [5.74, 6) is 0.655. The topological polar surface area (TPSA) is 60.7 Å². The first-order valence-corrected chi connectivity index (χ1v) is 10.8. The molecular formula is C27H31NO4. The van der Waals surface area contributed by atoms with E-state index in [1.807, 2.05) is 36.4 Å². The van der Waals surface area contributed by atoms with E-state index >= 15 is 0 Å². The molecule has 32 heavy (non-hydrogen) atoms. The Hall–Kier alpha value is -3.47. The quantitative estimate of drug-likeness (QED) is 0.427. The lowest BCUT2D eigenvalue weighted by atomic mass is 10.1. The monoisotopic (exact) mass is 433 g/mol. The van der Waals surface area contributed by atoms with Gasteiger partial charge in [0.05, 0.1) is 5.52 Å². The summed E-state index contributed by atoms with van der Waals surface area (Å²) in [4.78, 5) is 13.1. The summed E-state index contributed by atoms with van der Waals surface area (Å²) in [6, 6.07) is 14.7. The number of phenolic OH excluding ortho intramolecular Hbond substituents is 1. The van der Waals surface area contributed by atoms with Crippen molar-refractivity contribution in [2.45, 2.75) is 40.2 Å². The van der Waals surface area contributed by atoms with Gasteiger partial charge in [-0.25, -0.2) is 0 Å². The number of hydrogen-bond acceptors (Lipinski definition) is 4. The number of aryl methyl sites for hydroxylation is 1. The number of nitrogens with zero attached hydrogens (tertiary/aromatic N) is 1. The molecule has 2 aromatic carbocycles. The van der Waals surface area contributed by atoms with Crippen molar-refractivity contribution < 1.29 is 14.6 Å². The number of pyridine rings is 1. The number of aromatic nitrogens is 1. The molecule has 1 aromatic heterocycles. The Morgan fingerprint density at radius 3 is 2.47 bits per heavy atom. The van der Waals surface area contributed by atoms with Crippen molar-refractivity contribution in [3.8, 4) is 17.2 Å². The molecule has 0 fully saturated rings. The first kappa shape index (κ1) is 23.2. The second-order valence-corrected chi connectivity index (χ2v) is 8.18. The van der Waals surface area contributed by atoms with Crippen LogP contribution >= 0.6 is 0 Å². The Bertz CT molecular complexity index is 1190. The van der Waals surface area contributed by atoms with Gasteiger partial charge in [0.1, 0.15) is 19.0 Å². The molecule has 0 bridgehead atoms. The first-order valence-electron chi connectivity index (χ1n) is 10.8. The van der Waals surface area contributed by atoms with Gasteiger partial charge in [0.15, 0.2) is 5.75 Å². The fraction of sp³-hybridized carbons (Fsp3) is 0.296. The zero-order valence-electron chi connectivity index (χ0n) is 19.2. The zero-order valence-corrected chi connectivity index (χ0v) is 19.2. The number of benzene rings is 2. The number of ether oxygens (including phenoxy) is 2. The minimum atomic E-state index is -0.304. The van der Waals surface area contributed by atoms with E-state index in [1.54, 1.807) is 25.2 Å². The standard InChI is InChI=1S/C27H31NO4/c1-19(2)9-8-10-20(3)15-16-31-26-25(32-18-21-11-6-5-7-12-21)23-14-13-22(29)17-24(23)28(4)27(26)30/h5-7,9,11-15,17,29H,8,10,16,18H2,1-4H3/b20-15+. The largest absolute Gasteiger partial charge is 0.508 e. The van der Waals surface area contributed by atoms with Crippen molar-refractivity contribution in [2.75, 3.05) is 6.61 Å². The van der Waals surface area contributed by atoms with Crippen LogP contribution in [-0.4, -0.2) is 16.3 Å². The predicted molar refractivity (Wildman–Crippen MR) is 130 cm³/mol. The maximum Gasteiger partial charge on any atom is 0.297 e. The van der Waals surface area contributed by atoms with E-state index in [0.717, 1.165) is 18.4 Å². The molecule has 1 heterocycles. The molecule has 0 saturated carbocycles. The Labute approximate surface area is 189 Å². The second-order valence-electron chi connectivity index (χ2n) is 8.18. The van der Waals surface area contributed by atoms with Crippen LogP contribution in [-0.2, 0) is 13.7 Å². The molecule has 3 rings (SSSR count). The molecule has 0 unspecified atom stereocenters. The summed E-state index contributed by atoms with van der Waals surface area (Å²) < 4.78 is 13.6. The fourth-order valence-corrected chi connectivity index (χ4v) is 3.43. The van der Waals surface area contributed by atoms with E-state index in [1.165, 1.54) is 15.7 Å². The van der Waals surface area contributed by atoms with Crippen molar-refractivity contribution >= 4 is 10.9 Å². The molecule has 0 radical (unpaired) electrons. The van der Waals surface area contributed by atoms with Gasteiger partial charge in [-0.2, -0.15) is 0 Å². The summed E-state index contributed by atoms with van der Waals surface area (Å²) in [6.07, 6.45) is 6.14. The lowest BCUT2D eigenvalue weighted by Crippen LogP contribution is -2.21. The minimum Gasteiger partial charge on any atom is -0.508 e. The number of rotatable bonds is 9. The lowest BCUT2D eigenvalue weighted by molar-refractivity contribution is 0.275. The van der Waals surface area contributed by atoms with Crippen LogP contribution in [0.15, 0.2) is 76.6 Å². The highest BCUT2D eigenvalue weighted by molar-refractivity contribution is 5.88. The number of hydrogen-bond donors (Lipinski definition) is 1. The third-order valence-electron chi connectivity index (χ3n) is 5.27. The van der Waals surface area contributed by atoms with Gasteiger partial charge in [-0.05, 0) is 57.4 Å². The molecule has 0 aliphatic rings. The Balaban J connectivity index is 1.91. The van der Waals surface area contributed by atoms with Gasteiger partial charge in [0.25, 0.3) is 5.56 Å². The maximum absolute atomic E-state index is 13.1. The summed E-state index contributed by atoms with van der Waals surface area (Å²) in [5.41, 5.74) is 3.78.